The highest BCUT2D eigenvalue weighted by molar-refractivity contribution is 7.14. The Hall–Kier alpha value is -2.91. The molecular weight excluding hydrogens is 420 g/mol. The van der Waals surface area contributed by atoms with Crippen molar-refractivity contribution >= 4 is 22.7 Å². The topological polar surface area (TPSA) is 25.4 Å². The first-order valence-corrected chi connectivity index (χ1v) is 12.1. The predicted octanol–water partition coefficient (Wildman–Crippen LogP) is 6.32. The van der Waals surface area contributed by atoms with E-state index in [1.807, 2.05) is 42.5 Å². The summed E-state index contributed by atoms with van der Waals surface area (Å²) in [7, 11) is 0. The van der Waals surface area contributed by atoms with Gasteiger partial charge in [0.05, 0.1) is 12.2 Å². The molecule has 0 aliphatic carbocycles. The number of thiophene rings is 1. The van der Waals surface area contributed by atoms with E-state index in [-0.39, 0.29) is 0 Å². The van der Waals surface area contributed by atoms with Crippen molar-refractivity contribution in [2.24, 2.45) is 0 Å². The minimum absolute atomic E-state index is 0.476. The first-order valence-electron chi connectivity index (χ1n) is 10.2. The molecule has 0 aliphatic heterocycles. The van der Waals surface area contributed by atoms with Crippen LogP contribution < -0.4 is 4.74 Å². The molecule has 0 bridgehead atoms. The van der Waals surface area contributed by atoms with E-state index >= 15 is 0 Å². The minimum Gasteiger partial charge on any atom is -0.487 e. The third-order valence-corrected chi connectivity index (χ3v) is 6.39. The molecule has 2 aromatic heterocycles. The van der Waals surface area contributed by atoms with E-state index < -0.39 is 0 Å². The summed E-state index contributed by atoms with van der Waals surface area (Å²) < 4.78 is 6.02. The zero-order valence-electron chi connectivity index (χ0n) is 17.5. The third-order valence-electron chi connectivity index (χ3n) is 4.77. The van der Waals surface area contributed by atoms with Crippen LogP contribution in [-0.2, 0) is 13.2 Å². The lowest BCUT2D eigenvalue weighted by molar-refractivity contribution is 0.297. The summed E-state index contributed by atoms with van der Waals surface area (Å²) in [4.78, 5) is 7.01. The van der Waals surface area contributed by atoms with Crippen molar-refractivity contribution in [3.63, 3.8) is 0 Å². The van der Waals surface area contributed by atoms with Crippen LogP contribution in [0.5, 0.6) is 5.75 Å². The van der Waals surface area contributed by atoms with Gasteiger partial charge in [-0.1, -0.05) is 49.1 Å². The molecule has 0 saturated carbocycles. The summed E-state index contributed by atoms with van der Waals surface area (Å²) in [5.74, 6) is 7.39. The second kappa shape index (κ2) is 10.9. The molecule has 0 saturated heterocycles. The van der Waals surface area contributed by atoms with Crippen molar-refractivity contribution in [1.29, 1.82) is 0 Å². The summed E-state index contributed by atoms with van der Waals surface area (Å²) in [6, 6.07) is 20.5. The smallest absolute Gasteiger partial charge is 0.131 e. The predicted molar refractivity (Wildman–Crippen MR) is 130 cm³/mol. The van der Waals surface area contributed by atoms with Gasteiger partial charge in [-0.2, -0.15) is 11.3 Å². The second-order valence-corrected chi connectivity index (χ2v) is 8.70. The van der Waals surface area contributed by atoms with Crippen molar-refractivity contribution in [2.75, 3.05) is 13.1 Å². The molecule has 0 atom stereocenters. The number of benzene rings is 2. The van der Waals surface area contributed by atoms with Gasteiger partial charge in [0.2, 0.25) is 0 Å². The number of nitrogens with zero attached hydrogens (tertiary/aromatic N) is 2. The van der Waals surface area contributed by atoms with E-state index in [1.54, 1.807) is 22.7 Å². The van der Waals surface area contributed by atoms with E-state index in [1.165, 1.54) is 11.1 Å². The van der Waals surface area contributed by atoms with E-state index in [0.717, 1.165) is 41.6 Å². The standard InChI is InChI=1S/C26H24N2OS2/c1-2-28(14-7-11-21-8-4-3-5-9-21)17-22-10-6-12-25(16-22)29-18-24-20-31-26(27-24)23-13-15-30-19-23/h3-6,8-10,12-13,15-16,19-20H,2,14,17-18H2,1H3. The Balaban J connectivity index is 1.32. The molecule has 4 aromatic rings. The molecular formula is C26H24N2OS2. The molecule has 3 nitrogen and oxygen atoms in total. The molecule has 0 unspecified atom stereocenters. The lowest BCUT2D eigenvalue weighted by Gasteiger charge is -2.18. The fourth-order valence-electron chi connectivity index (χ4n) is 3.10. The zero-order chi connectivity index (χ0) is 21.3. The first-order chi connectivity index (χ1) is 15.3. The molecule has 0 amide bonds. The van der Waals surface area contributed by atoms with E-state index in [9.17, 15) is 0 Å². The lowest BCUT2D eigenvalue weighted by Crippen LogP contribution is -2.23. The van der Waals surface area contributed by atoms with E-state index in [4.69, 9.17) is 4.74 Å². The average Bonchev–Trinajstić information content (AvgIpc) is 3.50. The zero-order valence-corrected chi connectivity index (χ0v) is 19.1. The molecule has 0 radical (unpaired) electrons. The Morgan fingerprint density at radius 3 is 2.74 bits per heavy atom. The van der Waals surface area contributed by atoms with Gasteiger partial charge in [0.15, 0.2) is 0 Å². The summed E-state index contributed by atoms with van der Waals surface area (Å²) in [5.41, 5.74) is 4.41. The van der Waals surface area contributed by atoms with Gasteiger partial charge in [0.25, 0.3) is 0 Å². The van der Waals surface area contributed by atoms with Crippen LogP contribution in [0.4, 0.5) is 0 Å². The van der Waals surface area contributed by atoms with Crippen molar-refractivity contribution in [1.82, 2.24) is 9.88 Å². The quantitative estimate of drug-likeness (QED) is 0.297. The van der Waals surface area contributed by atoms with Crippen LogP contribution in [0, 0.1) is 11.8 Å². The van der Waals surface area contributed by atoms with Crippen LogP contribution in [0.3, 0.4) is 0 Å². The fourth-order valence-corrected chi connectivity index (χ4v) is 4.61. The van der Waals surface area contributed by atoms with Crippen LogP contribution in [-0.4, -0.2) is 23.0 Å². The third kappa shape index (κ3) is 6.28. The van der Waals surface area contributed by atoms with Gasteiger partial charge in [-0.3, -0.25) is 4.90 Å². The largest absolute Gasteiger partial charge is 0.487 e. The number of hydrogen-bond donors (Lipinski definition) is 0. The van der Waals surface area contributed by atoms with Crippen LogP contribution in [0.25, 0.3) is 10.6 Å². The molecule has 0 N–H and O–H groups in total. The number of thiazole rings is 1. The van der Waals surface area contributed by atoms with Gasteiger partial charge in [0, 0.05) is 28.4 Å². The Kier molecular flexibility index (Phi) is 7.51. The van der Waals surface area contributed by atoms with Crippen molar-refractivity contribution < 1.29 is 4.74 Å². The molecule has 4 rings (SSSR count). The maximum Gasteiger partial charge on any atom is 0.131 e. The van der Waals surface area contributed by atoms with Crippen molar-refractivity contribution in [3.05, 3.63) is 93.6 Å². The number of rotatable bonds is 8. The highest BCUT2D eigenvalue weighted by atomic mass is 32.1. The van der Waals surface area contributed by atoms with Gasteiger partial charge in [-0.25, -0.2) is 4.98 Å². The Bertz CT molecular complexity index is 1140. The summed E-state index contributed by atoms with van der Waals surface area (Å²) in [6.07, 6.45) is 0. The molecule has 2 aromatic carbocycles. The maximum atomic E-state index is 6.02. The summed E-state index contributed by atoms with van der Waals surface area (Å²) >= 11 is 3.35. The van der Waals surface area contributed by atoms with E-state index in [2.05, 4.69) is 63.0 Å². The molecule has 31 heavy (non-hydrogen) atoms. The summed E-state index contributed by atoms with van der Waals surface area (Å²) in [6.45, 7) is 5.16. The molecule has 0 spiro atoms. The van der Waals surface area contributed by atoms with Crippen LogP contribution in [0.1, 0.15) is 23.7 Å². The fraction of sp³-hybridized carbons (Fsp3) is 0.192. The highest BCUT2D eigenvalue weighted by Gasteiger charge is 2.07. The van der Waals surface area contributed by atoms with Crippen molar-refractivity contribution in [3.8, 4) is 28.2 Å². The Morgan fingerprint density at radius 2 is 1.94 bits per heavy atom. The second-order valence-electron chi connectivity index (χ2n) is 7.06. The van der Waals surface area contributed by atoms with Gasteiger partial charge in [-0.15, -0.1) is 11.3 Å². The number of ether oxygens (including phenoxy) is 1. The Morgan fingerprint density at radius 1 is 1.03 bits per heavy atom. The maximum absolute atomic E-state index is 6.02. The monoisotopic (exact) mass is 444 g/mol. The van der Waals surface area contributed by atoms with E-state index in [0.29, 0.717) is 6.61 Å². The van der Waals surface area contributed by atoms with Crippen LogP contribution in [0.2, 0.25) is 0 Å². The normalized spacial score (nSPS) is 10.6. The molecule has 156 valence electrons. The first kappa shape index (κ1) is 21.3. The minimum atomic E-state index is 0.476. The molecule has 0 aliphatic rings. The van der Waals surface area contributed by atoms with Crippen LogP contribution >= 0.6 is 22.7 Å². The van der Waals surface area contributed by atoms with Crippen molar-refractivity contribution in [2.45, 2.75) is 20.1 Å². The number of aromatic nitrogens is 1. The SMILES string of the molecule is CCN(CC#Cc1ccccc1)Cc1cccc(OCc2csc(-c3ccsc3)n2)c1. The molecule has 0 fully saturated rings. The van der Waals surface area contributed by atoms with Crippen LogP contribution in [0.15, 0.2) is 76.8 Å². The van der Waals surface area contributed by atoms with Gasteiger partial charge >= 0.3 is 0 Å². The summed E-state index contributed by atoms with van der Waals surface area (Å²) in [5, 5.41) is 7.31. The molecule has 5 heteroatoms. The molecule has 2 heterocycles. The van der Waals surface area contributed by atoms with Gasteiger partial charge in [-0.05, 0) is 47.8 Å². The Labute approximate surface area is 192 Å². The van der Waals surface area contributed by atoms with Gasteiger partial charge < -0.3 is 4.74 Å². The number of hydrogen-bond acceptors (Lipinski definition) is 5. The average molecular weight is 445 g/mol. The van der Waals surface area contributed by atoms with Gasteiger partial charge in [0.1, 0.15) is 17.4 Å². The lowest BCUT2D eigenvalue weighted by atomic mass is 10.2. The highest BCUT2D eigenvalue weighted by Crippen LogP contribution is 2.26.